The second kappa shape index (κ2) is 7.40. The van der Waals surface area contributed by atoms with E-state index in [0.717, 1.165) is 19.0 Å². The zero-order valence-electron chi connectivity index (χ0n) is 15.4. The molecule has 1 heterocycles. The average Bonchev–Trinajstić information content (AvgIpc) is 3.54. The number of rotatable bonds is 8. The van der Waals surface area contributed by atoms with E-state index in [-0.39, 0.29) is 19.1 Å². The molecule has 1 aromatic rings. The highest BCUT2D eigenvalue weighted by atomic mass is 19.3. The maximum Gasteiger partial charge on any atom is 0.387 e. The molecule has 0 amide bonds. The summed E-state index contributed by atoms with van der Waals surface area (Å²) in [5.41, 5.74) is 0.971. The predicted molar refractivity (Wildman–Crippen MR) is 96.4 cm³/mol. The maximum atomic E-state index is 12.8. The van der Waals surface area contributed by atoms with Crippen molar-refractivity contribution in [1.82, 2.24) is 10.6 Å². The van der Waals surface area contributed by atoms with Gasteiger partial charge in [-0.2, -0.15) is 8.78 Å². The van der Waals surface area contributed by atoms with Crippen molar-refractivity contribution in [2.75, 3.05) is 19.9 Å². The fourth-order valence-corrected chi connectivity index (χ4v) is 3.65. The van der Waals surface area contributed by atoms with Gasteiger partial charge in [0, 0.05) is 24.7 Å². The van der Waals surface area contributed by atoms with Gasteiger partial charge < -0.3 is 24.8 Å². The monoisotopic (exact) mass is 381 g/mol. The van der Waals surface area contributed by atoms with E-state index in [1.54, 1.807) is 6.07 Å². The van der Waals surface area contributed by atoms with E-state index < -0.39 is 6.61 Å². The number of nitrogens with one attached hydrogen (secondary N) is 2. The molecule has 0 saturated heterocycles. The Hall–Kier alpha value is -2.25. The molecule has 27 heavy (non-hydrogen) atoms. The van der Waals surface area contributed by atoms with Crippen molar-refractivity contribution in [2.24, 2.45) is 16.3 Å². The smallest absolute Gasteiger partial charge is 0.387 e. The number of guanidine groups is 1. The second-order valence-corrected chi connectivity index (χ2v) is 7.38. The van der Waals surface area contributed by atoms with Crippen LogP contribution in [-0.4, -0.2) is 32.5 Å². The Kier molecular flexibility index (Phi) is 4.97. The number of nitrogens with zero attached hydrogens (tertiary/aromatic N) is 1. The summed E-state index contributed by atoms with van der Waals surface area (Å²) >= 11 is 0. The van der Waals surface area contributed by atoms with E-state index in [2.05, 4.69) is 20.4 Å². The number of ether oxygens (including phenoxy) is 3. The van der Waals surface area contributed by atoms with Gasteiger partial charge in [-0.15, -0.1) is 0 Å². The van der Waals surface area contributed by atoms with Crippen molar-refractivity contribution in [2.45, 2.75) is 45.8 Å². The van der Waals surface area contributed by atoms with E-state index in [1.165, 1.54) is 31.7 Å². The lowest BCUT2D eigenvalue weighted by atomic mass is 10.0. The van der Waals surface area contributed by atoms with Gasteiger partial charge in [-0.25, -0.2) is 4.99 Å². The van der Waals surface area contributed by atoms with Crippen molar-refractivity contribution in [3.8, 4) is 17.2 Å². The minimum absolute atomic E-state index is 0.0606. The normalized spacial score (nSPS) is 19.9. The number of halogens is 2. The van der Waals surface area contributed by atoms with E-state index in [1.807, 2.05) is 6.92 Å². The molecule has 3 aliphatic rings. The number of hydrogen-bond donors (Lipinski definition) is 2. The van der Waals surface area contributed by atoms with Crippen molar-refractivity contribution < 1.29 is 23.0 Å². The molecule has 4 rings (SSSR count). The highest BCUT2D eigenvalue weighted by Gasteiger charge is 2.53. The van der Waals surface area contributed by atoms with Gasteiger partial charge in [-0.3, -0.25) is 0 Å². The molecule has 0 bridgehead atoms. The average molecular weight is 381 g/mol. The zero-order valence-corrected chi connectivity index (χ0v) is 15.4. The number of alkyl halides is 2. The molecule has 1 aliphatic heterocycles. The highest BCUT2D eigenvalue weighted by Crippen LogP contribution is 2.60. The fraction of sp³-hybridized carbons (Fsp3) is 0.632. The number of benzene rings is 1. The van der Waals surface area contributed by atoms with Crippen molar-refractivity contribution in [3.63, 3.8) is 0 Å². The van der Waals surface area contributed by atoms with Crippen LogP contribution in [0.25, 0.3) is 0 Å². The molecule has 0 aromatic heterocycles. The number of fused-ring (bicyclic) bond motifs is 1. The van der Waals surface area contributed by atoms with E-state index >= 15 is 0 Å². The first-order chi connectivity index (χ1) is 13.1. The van der Waals surface area contributed by atoms with Crippen molar-refractivity contribution in [3.05, 3.63) is 17.7 Å². The quantitative estimate of drug-likeness (QED) is 0.535. The van der Waals surface area contributed by atoms with Crippen molar-refractivity contribution in [1.29, 1.82) is 0 Å². The molecule has 0 radical (unpaired) electrons. The Morgan fingerprint density at radius 3 is 2.63 bits per heavy atom. The SMILES string of the molecule is CCNC(=NCc1cc2c(cc1OC(F)F)OCO2)NCC1(C2CC2)CC1. The Labute approximate surface area is 157 Å². The molecule has 2 aliphatic carbocycles. The predicted octanol–water partition coefficient (Wildman–Crippen LogP) is 3.26. The largest absolute Gasteiger partial charge is 0.454 e. The molecule has 2 fully saturated rings. The first-order valence-corrected chi connectivity index (χ1v) is 9.49. The molecule has 0 unspecified atom stereocenters. The molecule has 2 saturated carbocycles. The molecule has 0 atom stereocenters. The van der Waals surface area contributed by atoms with Gasteiger partial charge in [-0.1, -0.05) is 0 Å². The number of hydrogen-bond acceptors (Lipinski definition) is 4. The Morgan fingerprint density at radius 1 is 1.26 bits per heavy atom. The molecule has 1 aromatic carbocycles. The summed E-state index contributed by atoms with van der Waals surface area (Å²) in [6.45, 7) is 0.993. The van der Waals surface area contributed by atoms with Gasteiger partial charge >= 0.3 is 6.61 Å². The minimum atomic E-state index is -2.91. The van der Waals surface area contributed by atoms with Crippen LogP contribution in [0.4, 0.5) is 8.78 Å². The van der Waals surface area contributed by atoms with Crippen LogP contribution in [0.5, 0.6) is 17.2 Å². The van der Waals surface area contributed by atoms with E-state index in [4.69, 9.17) is 9.47 Å². The molecule has 148 valence electrons. The summed E-state index contributed by atoms with van der Waals surface area (Å²) < 4.78 is 40.7. The van der Waals surface area contributed by atoms with Crippen LogP contribution in [0.1, 0.15) is 38.2 Å². The van der Waals surface area contributed by atoms with Crippen LogP contribution in [-0.2, 0) is 6.54 Å². The molecule has 0 spiro atoms. The molecular weight excluding hydrogens is 356 g/mol. The summed E-state index contributed by atoms with van der Waals surface area (Å²) in [6, 6.07) is 3.09. The lowest BCUT2D eigenvalue weighted by molar-refractivity contribution is -0.0505. The third kappa shape index (κ3) is 4.20. The first-order valence-electron chi connectivity index (χ1n) is 9.49. The van der Waals surface area contributed by atoms with Crippen LogP contribution in [0.3, 0.4) is 0 Å². The summed E-state index contributed by atoms with van der Waals surface area (Å²) in [5.74, 6) is 2.53. The Bertz CT molecular complexity index is 718. The fourth-order valence-electron chi connectivity index (χ4n) is 3.65. The van der Waals surface area contributed by atoms with Gasteiger partial charge in [0.2, 0.25) is 6.79 Å². The van der Waals surface area contributed by atoms with Crippen molar-refractivity contribution >= 4 is 5.96 Å². The summed E-state index contributed by atoms with van der Waals surface area (Å²) in [5, 5.41) is 6.64. The van der Waals surface area contributed by atoms with E-state index in [9.17, 15) is 8.78 Å². The zero-order chi connectivity index (χ0) is 18.9. The summed E-state index contributed by atoms with van der Waals surface area (Å²) in [6.07, 6.45) is 5.22. The topological polar surface area (TPSA) is 64.1 Å². The standard InChI is InChI=1S/C19H25F2N3O3/c1-2-22-18(24-10-19(5-6-19)13-3-4-13)23-9-12-7-15-16(26-11-25-15)8-14(12)27-17(20)21/h7-8,13,17H,2-6,9-11H2,1H3,(H2,22,23,24). The van der Waals surface area contributed by atoms with Gasteiger partial charge in [0.25, 0.3) is 0 Å². The van der Waals surface area contributed by atoms with Crippen LogP contribution < -0.4 is 24.8 Å². The van der Waals surface area contributed by atoms with Gasteiger partial charge in [0.1, 0.15) is 5.75 Å². The third-order valence-corrected chi connectivity index (χ3v) is 5.47. The van der Waals surface area contributed by atoms with Crippen LogP contribution >= 0.6 is 0 Å². The second-order valence-electron chi connectivity index (χ2n) is 7.38. The Morgan fingerprint density at radius 2 is 2.00 bits per heavy atom. The van der Waals surface area contributed by atoms with Gasteiger partial charge in [0.15, 0.2) is 17.5 Å². The molecule has 6 nitrogen and oxygen atoms in total. The van der Waals surface area contributed by atoms with Crippen LogP contribution in [0, 0.1) is 11.3 Å². The summed E-state index contributed by atoms with van der Waals surface area (Å²) in [4.78, 5) is 4.56. The van der Waals surface area contributed by atoms with Gasteiger partial charge in [-0.05, 0) is 50.0 Å². The Balaban J connectivity index is 1.46. The minimum Gasteiger partial charge on any atom is -0.454 e. The van der Waals surface area contributed by atoms with Crippen LogP contribution in [0.2, 0.25) is 0 Å². The molecular formula is C19H25F2N3O3. The summed E-state index contributed by atoms with van der Waals surface area (Å²) in [7, 11) is 0. The lowest BCUT2D eigenvalue weighted by Gasteiger charge is -2.18. The maximum absolute atomic E-state index is 12.8. The first kappa shape index (κ1) is 18.1. The lowest BCUT2D eigenvalue weighted by Crippen LogP contribution is -2.40. The van der Waals surface area contributed by atoms with Gasteiger partial charge in [0.05, 0.1) is 6.54 Å². The van der Waals surface area contributed by atoms with Crippen LogP contribution in [0.15, 0.2) is 17.1 Å². The molecule has 8 heteroatoms. The van der Waals surface area contributed by atoms with E-state index in [0.29, 0.717) is 28.4 Å². The molecule has 2 N–H and O–H groups in total. The number of aliphatic imine (C=N–C) groups is 1. The highest BCUT2D eigenvalue weighted by molar-refractivity contribution is 5.80. The third-order valence-electron chi connectivity index (χ3n) is 5.47.